The molecule has 0 aliphatic carbocycles. The van der Waals surface area contributed by atoms with E-state index in [0.29, 0.717) is 11.6 Å². The standard InChI is InChI=1S/C17H20ClN3O3/c1-12(22)24-17(2,3)16(23)20-10-15(21-9-8-19-11-21)13-4-6-14(18)7-5-13/h4-9,11,15H,10H2,1-3H3,(H,20,23). The van der Waals surface area contributed by atoms with E-state index in [1.807, 2.05) is 22.9 Å². The van der Waals surface area contributed by atoms with E-state index in [9.17, 15) is 9.59 Å². The lowest BCUT2D eigenvalue weighted by atomic mass is 10.1. The molecule has 6 nitrogen and oxygen atoms in total. The number of imidazole rings is 1. The van der Waals surface area contributed by atoms with E-state index < -0.39 is 11.6 Å². The number of ether oxygens (including phenoxy) is 1. The number of nitrogens with zero attached hydrogens (tertiary/aromatic N) is 2. The summed E-state index contributed by atoms with van der Waals surface area (Å²) in [5.74, 6) is -0.865. The van der Waals surface area contributed by atoms with Crippen LogP contribution in [0.4, 0.5) is 0 Å². The summed E-state index contributed by atoms with van der Waals surface area (Å²) >= 11 is 5.94. The van der Waals surface area contributed by atoms with Crippen molar-refractivity contribution in [2.24, 2.45) is 0 Å². The smallest absolute Gasteiger partial charge is 0.303 e. The van der Waals surface area contributed by atoms with Crippen molar-refractivity contribution in [3.8, 4) is 0 Å². The van der Waals surface area contributed by atoms with Gasteiger partial charge in [0.2, 0.25) is 0 Å². The predicted octanol–water partition coefficient (Wildman–Crippen LogP) is 2.58. The van der Waals surface area contributed by atoms with Gasteiger partial charge in [-0.05, 0) is 31.5 Å². The molecule has 0 aliphatic rings. The van der Waals surface area contributed by atoms with Crippen LogP contribution in [0.5, 0.6) is 0 Å². The van der Waals surface area contributed by atoms with Crippen molar-refractivity contribution in [2.45, 2.75) is 32.4 Å². The Balaban J connectivity index is 2.14. The van der Waals surface area contributed by atoms with E-state index in [1.165, 1.54) is 6.92 Å². The molecule has 0 saturated carbocycles. The Hall–Kier alpha value is -2.34. The molecule has 7 heteroatoms. The molecular weight excluding hydrogens is 330 g/mol. The zero-order valence-corrected chi connectivity index (χ0v) is 14.6. The molecule has 0 radical (unpaired) electrons. The number of esters is 1. The number of hydrogen-bond acceptors (Lipinski definition) is 4. The average molecular weight is 350 g/mol. The maximum absolute atomic E-state index is 12.3. The monoisotopic (exact) mass is 349 g/mol. The van der Waals surface area contributed by atoms with Crippen molar-refractivity contribution in [1.82, 2.24) is 14.9 Å². The highest BCUT2D eigenvalue weighted by Gasteiger charge is 2.31. The molecule has 1 amide bonds. The van der Waals surface area contributed by atoms with E-state index in [-0.39, 0.29) is 11.9 Å². The molecule has 1 N–H and O–H groups in total. The second-order valence-electron chi connectivity index (χ2n) is 5.89. The average Bonchev–Trinajstić information content (AvgIpc) is 3.01. The van der Waals surface area contributed by atoms with Crippen molar-refractivity contribution in [3.63, 3.8) is 0 Å². The highest BCUT2D eigenvalue weighted by Crippen LogP contribution is 2.20. The first-order valence-electron chi connectivity index (χ1n) is 7.50. The zero-order chi connectivity index (χ0) is 17.7. The molecule has 1 unspecified atom stereocenters. The van der Waals surface area contributed by atoms with E-state index in [2.05, 4.69) is 10.3 Å². The Kier molecular flexibility index (Phi) is 5.62. The van der Waals surface area contributed by atoms with Crippen LogP contribution in [0.25, 0.3) is 0 Å². The van der Waals surface area contributed by atoms with E-state index in [0.717, 1.165) is 5.56 Å². The molecule has 128 valence electrons. The lowest BCUT2D eigenvalue weighted by Gasteiger charge is -2.26. The fourth-order valence-electron chi connectivity index (χ4n) is 2.34. The number of benzene rings is 1. The minimum absolute atomic E-state index is 0.151. The van der Waals surface area contributed by atoms with Crippen LogP contribution >= 0.6 is 11.6 Å². The Bertz CT molecular complexity index is 696. The third kappa shape index (κ3) is 4.58. The Morgan fingerprint density at radius 1 is 1.33 bits per heavy atom. The van der Waals surface area contributed by atoms with Gasteiger partial charge in [-0.2, -0.15) is 0 Å². The summed E-state index contributed by atoms with van der Waals surface area (Å²) in [7, 11) is 0. The van der Waals surface area contributed by atoms with Crippen molar-refractivity contribution in [3.05, 3.63) is 53.6 Å². The Morgan fingerprint density at radius 3 is 2.54 bits per heavy atom. The molecule has 0 spiro atoms. The first-order valence-corrected chi connectivity index (χ1v) is 7.88. The SMILES string of the molecule is CC(=O)OC(C)(C)C(=O)NCC(c1ccc(Cl)cc1)n1ccnc1. The van der Waals surface area contributed by atoms with Crippen LogP contribution in [-0.2, 0) is 14.3 Å². The van der Waals surface area contributed by atoms with Crippen LogP contribution in [-0.4, -0.2) is 33.6 Å². The van der Waals surface area contributed by atoms with Crippen LogP contribution in [0.15, 0.2) is 43.0 Å². The number of aromatic nitrogens is 2. The van der Waals surface area contributed by atoms with Crippen LogP contribution in [0.2, 0.25) is 5.02 Å². The van der Waals surface area contributed by atoms with Gasteiger partial charge in [0.15, 0.2) is 5.60 Å². The lowest BCUT2D eigenvalue weighted by Crippen LogP contribution is -2.46. The third-order valence-corrected chi connectivity index (χ3v) is 3.79. The molecule has 24 heavy (non-hydrogen) atoms. The quantitative estimate of drug-likeness (QED) is 0.813. The number of halogens is 1. The van der Waals surface area contributed by atoms with Gasteiger partial charge < -0.3 is 14.6 Å². The van der Waals surface area contributed by atoms with Gasteiger partial charge in [-0.3, -0.25) is 9.59 Å². The third-order valence-electron chi connectivity index (χ3n) is 3.54. The van der Waals surface area contributed by atoms with Crippen molar-refractivity contribution >= 4 is 23.5 Å². The summed E-state index contributed by atoms with van der Waals surface area (Å²) in [6.07, 6.45) is 5.18. The zero-order valence-electron chi connectivity index (χ0n) is 13.8. The van der Waals surface area contributed by atoms with Crippen LogP contribution in [0.3, 0.4) is 0 Å². The first-order chi connectivity index (χ1) is 11.3. The second kappa shape index (κ2) is 7.49. The Labute approximate surface area is 145 Å². The number of nitrogens with one attached hydrogen (secondary N) is 1. The van der Waals surface area contributed by atoms with Gasteiger partial charge in [0.25, 0.3) is 5.91 Å². The Morgan fingerprint density at radius 2 is 2.00 bits per heavy atom. The number of amides is 1. The van der Waals surface area contributed by atoms with E-state index in [1.54, 1.807) is 38.5 Å². The van der Waals surface area contributed by atoms with Crippen LogP contribution in [0.1, 0.15) is 32.4 Å². The summed E-state index contributed by atoms with van der Waals surface area (Å²) in [6, 6.07) is 7.24. The first kappa shape index (κ1) is 18.0. The van der Waals surface area contributed by atoms with Gasteiger partial charge in [-0.25, -0.2) is 4.98 Å². The predicted molar refractivity (Wildman–Crippen MR) is 90.7 cm³/mol. The summed E-state index contributed by atoms with van der Waals surface area (Å²) in [5, 5.41) is 3.47. The number of carbonyl (C=O) groups is 2. The molecule has 2 rings (SSSR count). The summed E-state index contributed by atoms with van der Waals surface area (Å²) in [5.41, 5.74) is -0.256. The minimum atomic E-state index is -1.23. The number of hydrogen-bond donors (Lipinski definition) is 1. The van der Waals surface area contributed by atoms with Gasteiger partial charge in [-0.15, -0.1) is 0 Å². The molecular formula is C17H20ClN3O3. The highest BCUT2D eigenvalue weighted by atomic mass is 35.5. The van der Waals surface area contributed by atoms with Gasteiger partial charge in [0.1, 0.15) is 0 Å². The van der Waals surface area contributed by atoms with Gasteiger partial charge >= 0.3 is 5.97 Å². The topological polar surface area (TPSA) is 73.2 Å². The maximum atomic E-state index is 12.3. The van der Waals surface area contributed by atoms with Crippen molar-refractivity contribution in [1.29, 1.82) is 0 Å². The summed E-state index contributed by atoms with van der Waals surface area (Å²) in [6.45, 7) is 4.70. The van der Waals surface area contributed by atoms with E-state index in [4.69, 9.17) is 16.3 Å². The fourth-order valence-corrected chi connectivity index (χ4v) is 2.47. The minimum Gasteiger partial charge on any atom is -0.450 e. The van der Waals surface area contributed by atoms with E-state index >= 15 is 0 Å². The molecule has 1 atom stereocenters. The molecule has 1 heterocycles. The highest BCUT2D eigenvalue weighted by molar-refractivity contribution is 6.30. The summed E-state index contributed by atoms with van der Waals surface area (Å²) < 4.78 is 6.95. The van der Waals surface area contributed by atoms with Gasteiger partial charge in [0, 0.05) is 30.9 Å². The molecule has 0 aliphatic heterocycles. The molecule has 0 bridgehead atoms. The molecule has 2 aromatic rings. The number of rotatable bonds is 6. The van der Waals surface area contributed by atoms with Gasteiger partial charge in [-0.1, -0.05) is 23.7 Å². The largest absolute Gasteiger partial charge is 0.450 e. The lowest BCUT2D eigenvalue weighted by molar-refractivity contribution is -0.162. The molecule has 0 saturated heterocycles. The summed E-state index contributed by atoms with van der Waals surface area (Å²) in [4.78, 5) is 27.5. The van der Waals surface area contributed by atoms with Crippen molar-refractivity contribution in [2.75, 3.05) is 6.54 Å². The second-order valence-corrected chi connectivity index (χ2v) is 6.33. The molecule has 0 fully saturated rings. The maximum Gasteiger partial charge on any atom is 0.303 e. The van der Waals surface area contributed by atoms with Crippen LogP contribution in [0, 0.1) is 0 Å². The molecule has 1 aromatic heterocycles. The fraction of sp³-hybridized carbons (Fsp3) is 0.353. The normalized spacial score (nSPS) is 12.5. The number of carbonyl (C=O) groups excluding carboxylic acids is 2. The van der Waals surface area contributed by atoms with Crippen LogP contribution < -0.4 is 5.32 Å². The molecule has 1 aromatic carbocycles. The van der Waals surface area contributed by atoms with Gasteiger partial charge in [0.05, 0.1) is 12.4 Å². The van der Waals surface area contributed by atoms with Crippen molar-refractivity contribution < 1.29 is 14.3 Å².